The first kappa shape index (κ1) is 19.5. The van der Waals surface area contributed by atoms with E-state index in [4.69, 9.17) is 5.73 Å². The molecule has 0 bridgehead atoms. The van der Waals surface area contributed by atoms with Gasteiger partial charge >= 0.3 is 0 Å². The second kappa shape index (κ2) is 6.90. The lowest BCUT2D eigenvalue weighted by Crippen LogP contribution is -2.26. The zero-order chi connectivity index (χ0) is 21.6. The first-order chi connectivity index (χ1) is 14.2. The lowest BCUT2D eigenvalue weighted by molar-refractivity contribution is 0.0979. The van der Waals surface area contributed by atoms with Gasteiger partial charge in [0.2, 0.25) is 0 Å². The largest absolute Gasteiger partial charge is 0.744 e. The molecule has 0 aromatic heterocycles. The number of fused-ring (bicyclic) bond motifs is 2. The summed E-state index contributed by atoms with van der Waals surface area (Å²) in [6, 6.07) is 14.7. The van der Waals surface area contributed by atoms with E-state index in [1.165, 1.54) is 30.3 Å². The standard InChI is InChI=1S/C21H14N2O6S/c22-18-15(30(27,28)29)10-14(23-21(26)11-6-2-1-3-7-11)16-17(18)20(25)13-9-5-4-8-12(13)19(16)24/h1-10H,22H2,(H,23,26)(H,27,28,29)/p-1. The number of amides is 1. The van der Waals surface area contributed by atoms with E-state index >= 15 is 0 Å². The lowest BCUT2D eigenvalue weighted by atomic mass is 9.82. The van der Waals surface area contributed by atoms with Gasteiger partial charge in [0.15, 0.2) is 11.6 Å². The van der Waals surface area contributed by atoms with Gasteiger partial charge in [-0.3, -0.25) is 14.4 Å². The van der Waals surface area contributed by atoms with Crippen molar-refractivity contribution in [2.75, 3.05) is 11.1 Å². The van der Waals surface area contributed by atoms with Gasteiger partial charge in [-0.05, 0) is 18.2 Å². The van der Waals surface area contributed by atoms with Crippen LogP contribution in [0.5, 0.6) is 0 Å². The molecule has 9 heteroatoms. The molecule has 0 aliphatic heterocycles. The van der Waals surface area contributed by atoms with Crippen LogP contribution in [0.4, 0.5) is 11.4 Å². The van der Waals surface area contributed by atoms with E-state index in [2.05, 4.69) is 5.32 Å². The topological polar surface area (TPSA) is 146 Å². The van der Waals surface area contributed by atoms with Crippen molar-refractivity contribution in [3.63, 3.8) is 0 Å². The Bertz CT molecular complexity index is 1350. The molecule has 4 rings (SSSR count). The van der Waals surface area contributed by atoms with E-state index in [1.54, 1.807) is 24.3 Å². The summed E-state index contributed by atoms with van der Waals surface area (Å²) in [6.07, 6.45) is 0. The third-order valence-corrected chi connectivity index (χ3v) is 5.63. The van der Waals surface area contributed by atoms with E-state index in [9.17, 15) is 27.4 Å². The third kappa shape index (κ3) is 3.06. The second-order valence-electron chi connectivity index (χ2n) is 6.56. The molecule has 30 heavy (non-hydrogen) atoms. The number of carbonyl (C=O) groups excluding carboxylic acids is 3. The molecule has 3 N–H and O–H groups in total. The van der Waals surface area contributed by atoms with E-state index in [0.29, 0.717) is 0 Å². The van der Waals surface area contributed by atoms with Gasteiger partial charge in [0.1, 0.15) is 10.1 Å². The number of nitrogen functional groups attached to an aromatic ring is 1. The summed E-state index contributed by atoms with van der Waals surface area (Å²) in [6.45, 7) is 0. The molecule has 0 saturated carbocycles. The summed E-state index contributed by atoms with van der Waals surface area (Å²) >= 11 is 0. The number of nitrogens with one attached hydrogen (secondary N) is 1. The molecular formula is C21H13N2O6S-. The van der Waals surface area contributed by atoms with Gasteiger partial charge in [-0.1, -0.05) is 42.5 Å². The van der Waals surface area contributed by atoms with Gasteiger partial charge in [-0.2, -0.15) is 0 Å². The number of ketones is 2. The summed E-state index contributed by atoms with van der Waals surface area (Å²) in [5, 5.41) is 2.44. The van der Waals surface area contributed by atoms with Gasteiger partial charge in [0.05, 0.1) is 27.4 Å². The van der Waals surface area contributed by atoms with Crippen LogP contribution in [0.15, 0.2) is 65.6 Å². The van der Waals surface area contributed by atoms with Gasteiger partial charge in [-0.25, -0.2) is 8.42 Å². The van der Waals surface area contributed by atoms with E-state index in [0.717, 1.165) is 6.07 Å². The number of carbonyl (C=O) groups is 3. The second-order valence-corrected chi connectivity index (χ2v) is 7.91. The van der Waals surface area contributed by atoms with Crippen LogP contribution in [0.25, 0.3) is 0 Å². The first-order valence-electron chi connectivity index (χ1n) is 8.67. The minimum atomic E-state index is -5.10. The predicted molar refractivity (Wildman–Crippen MR) is 107 cm³/mol. The van der Waals surface area contributed by atoms with E-state index < -0.39 is 43.7 Å². The zero-order valence-corrected chi connectivity index (χ0v) is 16.0. The molecule has 0 unspecified atom stereocenters. The maximum absolute atomic E-state index is 13.1. The Labute approximate surface area is 171 Å². The van der Waals surface area contributed by atoms with Crippen LogP contribution >= 0.6 is 0 Å². The fourth-order valence-electron chi connectivity index (χ4n) is 3.38. The van der Waals surface area contributed by atoms with Crippen molar-refractivity contribution in [2.45, 2.75) is 4.90 Å². The minimum absolute atomic E-state index is 0.0301. The number of rotatable bonds is 3. The average Bonchev–Trinajstić information content (AvgIpc) is 2.72. The van der Waals surface area contributed by atoms with Crippen molar-refractivity contribution < 1.29 is 27.4 Å². The van der Waals surface area contributed by atoms with Crippen LogP contribution in [0, 0.1) is 0 Å². The number of hydrogen-bond donors (Lipinski definition) is 2. The average molecular weight is 421 g/mol. The molecule has 150 valence electrons. The van der Waals surface area contributed by atoms with Crippen LogP contribution in [0.3, 0.4) is 0 Å². The predicted octanol–water partition coefficient (Wildman–Crippen LogP) is 2.20. The first-order valence-corrected chi connectivity index (χ1v) is 10.1. The van der Waals surface area contributed by atoms with Crippen LogP contribution in [0.1, 0.15) is 42.2 Å². The Morgan fingerprint density at radius 2 is 1.40 bits per heavy atom. The molecular weight excluding hydrogens is 408 g/mol. The molecule has 0 saturated heterocycles. The van der Waals surface area contributed by atoms with Crippen molar-refractivity contribution in [3.8, 4) is 0 Å². The SMILES string of the molecule is Nc1c(S(=O)(=O)[O-])cc(NC(=O)c2ccccc2)c2c1C(=O)c1ccccc1C2=O. The van der Waals surface area contributed by atoms with Crippen molar-refractivity contribution in [1.29, 1.82) is 0 Å². The Hall–Kier alpha value is -3.82. The Morgan fingerprint density at radius 1 is 0.867 bits per heavy atom. The van der Waals surface area contributed by atoms with Gasteiger partial charge in [0.25, 0.3) is 5.91 Å². The zero-order valence-electron chi connectivity index (χ0n) is 15.2. The summed E-state index contributed by atoms with van der Waals surface area (Å²) < 4.78 is 35.2. The summed E-state index contributed by atoms with van der Waals surface area (Å²) in [4.78, 5) is 37.9. The molecule has 0 spiro atoms. The van der Waals surface area contributed by atoms with Crippen molar-refractivity contribution in [3.05, 3.63) is 88.5 Å². The van der Waals surface area contributed by atoms with Crippen molar-refractivity contribution in [1.82, 2.24) is 0 Å². The Morgan fingerprint density at radius 3 is 1.97 bits per heavy atom. The van der Waals surface area contributed by atoms with Crippen LogP contribution in [-0.4, -0.2) is 30.4 Å². The number of hydrogen-bond acceptors (Lipinski definition) is 7. The molecule has 1 aliphatic carbocycles. The molecule has 0 radical (unpaired) electrons. The highest BCUT2D eigenvalue weighted by Crippen LogP contribution is 2.39. The van der Waals surface area contributed by atoms with Crippen LogP contribution in [-0.2, 0) is 10.1 Å². The number of anilines is 2. The minimum Gasteiger partial charge on any atom is -0.744 e. The van der Waals surface area contributed by atoms with Gasteiger partial charge in [0, 0.05) is 16.7 Å². The molecule has 3 aromatic carbocycles. The van der Waals surface area contributed by atoms with E-state index in [1.807, 2.05) is 0 Å². The monoisotopic (exact) mass is 421 g/mol. The van der Waals surface area contributed by atoms with Crippen LogP contribution < -0.4 is 11.1 Å². The molecule has 0 heterocycles. The summed E-state index contributed by atoms with van der Waals surface area (Å²) in [7, 11) is -5.10. The fraction of sp³-hybridized carbons (Fsp3) is 0. The highest BCUT2D eigenvalue weighted by molar-refractivity contribution is 7.86. The molecule has 8 nitrogen and oxygen atoms in total. The highest BCUT2D eigenvalue weighted by atomic mass is 32.2. The highest BCUT2D eigenvalue weighted by Gasteiger charge is 2.35. The lowest BCUT2D eigenvalue weighted by Gasteiger charge is -2.24. The fourth-order valence-corrected chi connectivity index (χ4v) is 4.02. The molecule has 1 aliphatic rings. The van der Waals surface area contributed by atoms with Crippen molar-refractivity contribution in [2.24, 2.45) is 0 Å². The van der Waals surface area contributed by atoms with Gasteiger partial charge in [-0.15, -0.1) is 0 Å². The Balaban J connectivity index is 1.98. The third-order valence-electron chi connectivity index (χ3n) is 4.75. The Kier molecular flexibility index (Phi) is 4.49. The molecule has 0 fully saturated rings. The molecule has 0 atom stereocenters. The van der Waals surface area contributed by atoms with Gasteiger partial charge < -0.3 is 15.6 Å². The van der Waals surface area contributed by atoms with Crippen molar-refractivity contribution >= 4 is 39.0 Å². The molecule has 1 amide bonds. The van der Waals surface area contributed by atoms with Crippen LogP contribution in [0.2, 0.25) is 0 Å². The summed E-state index contributed by atoms with van der Waals surface area (Å²) in [5.41, 5.74) is 4.61. The number of benzene rings is 3. The quantitative estimate of drug-likeness (QED) is 0.381. The summed E-state index contributed by atoms with van der Waals surface area (Å²) in [5.74, 6) is -1.99. The molecule has 3 aromatic rings. The number of nitrogens with two attached hydrogens (primary N) is 1. The maximum Gasteiger partial charge on any atom is 0.255 e. The van der Waals surface area contributed by atoms with E-state index in [-0.39, 0.29) is 27.9 Å². The maximum atomic E-state index is 13.1. The smallest absolute Gasteiger partial charge is 0.255 e. The normalized spacial score (nSPS) is 12.8.